The fourth-order valence-corrected chi connectivity index (χ4v) is 6.83. The minimum atomic E-state index is -2.90. The largest absolute Gasteiger partial charge is 0.465 e. The van der Waals surface area contributed by atoms with Crippen LogP contribution in [0.2, 0.25) is 0 Å². The number of carbonyl (C=O) groups excluding carboxylic acids is 1. The van der Waals surface area contributed by atoms with E-state index in [2.05, 4.69) is 17.0 Å². The van der Waals surface area contributed by atoms with Crippen LogP contribution in [-0.2, 0) is 21.2 Å². The van der Waals surface area contributed by atoms with Crippen LogP contribution in [0.15, 0.2) is 42.5 Å². The Hall–Kier alpha value is -2.75. The molecule has 2 amide bonds. The summed E-state index contributed by atoms with van der Waals surface area (Å²) in [7, 11) is -0.982. The molecule has 9 heteroatoms. The molecule has 2 heterocycles. The maximum Gasteiger partial charge on any atom is 0.407 e. The molecule has 2 aliphatic heterocycles. The Bertz CT molecular complexity index is 1250. The molecule has 8 nitrogen and oxygen atoms in total. The molecule has 1 fully saturated rings. The van der Waals surface area contributed by atoms with Crippen LogP contribution >= 0.6 is 0 Å². The molecule has 0 saturated carbocycles. The summed E-state index contributed by atoms with van der Waals surface area (Å²) >= 11 is 0. The van der Waals surface area contributed by atoms with Crippen LogP contribution in [-0.4, -0.2) is 79.6 Å². The van der Waals surface area contributed by atoms with Crippen molar-refractivity contribution in [1.29, 1.82) is 0 Å². The van der Waals surface area contributed by atoms with Crippen LogP contribution in [0.5, 0.6) is 0 Å². The van der Waals surface area contributed by atoms with E-state index in [4.69, 9.17) is 0 Å². The van der Waals surface area contributed by atoms with Gasteiger partial charge in [-0.1, -0.05) is 24.3 Å². The molecule has 3 atom stereocenters. The van der Waals surface area contributed by atoms with Crippen molar-refractivity contribution in [3.63, 3.8) is 0 Å². The lowest BCUT2D eigenvalue weighted by molar-refractivity contribution is -0.129. The van der Waals surface area contributed by atoms with Crippen molar-refractivity contribution in [3.8, 4) is 11.1 Å². The smallest absolute Gasteiger partial charge is 0.407 e. The lowest BCUT2D eigenvalue weighted by atomic mass is 9.86. The number of amides is 2. The van der Waals surface area contributed by atoms with E-state index in [9.17, 15) is 23.1 Å². The topological polar surface area (TPSA) is 95.0 Å². The van der Waals surface area contributed by atoms with Crippen molar-refractivity contribution < 1.29 is 23.1 Å². The third-order valence-corrected chi connectivity index (χ3v) is 9.69. The molecule has 1 N–H and O–H groups in total. The molecule has 4 rings (SSSR count). The van der Waals surface area contributed by atoms with Gasteiger partial charge in [0.25, 0.3) is 0 Å². The maximum atomic E-state index is 12.8. The minimum Gasteiger partial charge on any atom is -0.465 e. The lowest BCUT2D eigenvalue weighted by Gasteiger charge is -2.45. The van der Waals surface area contributed by atoms with Crippen molar-refractivity contribution >= 4 is 27.5 Å². The Morgan fingerprint density at radius 3 is 2.25 bits per heavy atom. The second-order valence-electron chi connectivity index (χ2n) is 10.2. The Morgan fingerprint density at radius 1 is 1.08 bits per heavy atom. The second kappa shape index (κ2) is 9.95. The van der Waals surface area contributed by atoms with E-state index in [0.717, 1.165) is 27.9 Å². The first-order valence-electron chi connectivity index (χ1n) is 12.5. The van der Waals surface area contributed by atoms with Gasteiger partial charge in [-0.2, -0.15) is 0 Å². The fraction of sp³-hybridized carbons (Fsp3) is 0.481. The van der Waals surface area contributed by atoms with Crippen LogP contribution in [0.4, 0.5) is 10.5 Å². The quantitative estimate of drug-likeness (QED) is 0.608. The highest BCUT2D eigenvalue weighted by molar-refractivity contribution is 7.91. The summed E-state index contributed by atoms with van der Waals surface area (Å²) in [5.41, 5.74) is 4.83. The summed E-state index contributed by atoms with van der Waals surface area (Å²) in [6.45, 7) is 7.63. The average Bonchev–Trinajstić information content (AvgIpc) is 2.84. The van der Waals surface area contributed by atoms with Crippen LogP contribution in [0.3, 0.4) is 0 Å². The molecule has 1 saturated heterocycles. The normalized spacial score (nSPS) is 25.7. The van der Waals surface area contributed by atoms with Gasteiger partial charge in [-0.25, -0.2) is 22.5 Å². The summed E-state index contributed by atoms with van der Waals surface area (Å²) in [4.78, 5) is 28.4. The first-order chi connectivity index (χ1) is 17.0. The highest BCUT2D eigenvalue weighted by atomic mass is 32.2. The summed E-state index contributed by atoms with van der Waals surface area (Å²) in [5, 5.41) is 9.87. The van der Waals surface area contributed by atoms with Crippen molar-refractivity contribution in [2.24, 2.45) is 0 Å². The summed E-state index contributed by atoms with van der Waals surface area (Å²) in [5.74, 6) is 0.453. The predicted molar refractivity (Wildman–Crippen MR) is 141 cm³/mol. The zero-order valence-corrected chi connectivity index (χ0v) is 22.3. The molecule has 1 unspecified atom stereocenters. The first kappa shape index (κ1) is 26.3. The van der Waals surface area contributed by atoms with Gasteiger partial charge in [0.15, 0.2) is 9.84 Å². The predicted octanol–water partition coefficient (Wildman–Crippen LogP) is 3.90. The monoisotopic (exact) mass is 514 g/mol. The van der Waals surface area contributed by atoms with Gasteiger partial charge in [0.1, 0.15) is 5.69 Å². The van der Waals surface area contributed by atoms with E-state index in [1.807, 2.05) is 51.2 Å². The standard InChI is InChI=1S/C27H35N3O5S/c1-5-29(27(32)33)25-16-19(2)30(4,20(3)31)26-11-10-23(17-24(25)26)22-8-6-21(7-9-22)18-28-12-14-36(34,35)15-13-28/h6-11,17,19,25H,5,12-16,18H2,1-4H3/p+1/t19-,25?,30+/m0/s1. The molecule has 0 aromatic heterocycles. The lowest BCUT2D eigenvalue weighted by Crippen LogP contribution is -2.60. The third kappa shape index (κ3) is 4.92. The van der Waals surface area contributed by atoms with E-state index >= 15 is 0 Å². The molecule has 2 aromatic carbocycles. The zero-order valence-electron chi connectivity index (χ0n) is 21.5. The summed E-state index contributed by atoms with van der Waals surface area (Å²) in [6, 6.07) is 13.9. The Kier molecular flexibility index (Phi) is 7.28. The van der Waals surface area contributed by atoms with Gasteiger partial charge < -0.3 is 10.0 Å². The number of rotatable bonds is 5. The minimum absolute atomic E-state index is 0.0307. The third-order valence-electron chi connectivity index (χ3n) is 8.08. The molecule has 194 valence electrons. The molecular formula is C27H36N3O5S+. The number of sulfone groups is 1. The average molecular weight is 515 g/mol. The van der Waals surface area contributed by atoms with Gasteiger partial charge >= 0.3 is 12.0 Å². The maximum absolute atomic E-state index is 12.8. The number of quaternary nitrogens is 1. The Labute approximate surface area is 213 Å². The van der Waals surface area contributed by atoms with Gasteiger partial charge in [0, 0.05) is 44.2 Å². The number of hydrogen-bond acceptors (Lipinski definition) is 5. The zero-order chi connectivity index (χ0) is 26.3. The van der Waals surface area contributed by atoms with E-state index in [0.29, 0.717) is 32.6 Å². The summed E-state index contributed by atoms with van der Waals surface area (Å²) in [6.07, 6.45) is -0.392. The SMILES string of the molecule is CCN(C(=O)O)C1C[C@H](C)[N@+](C)(C(C)=O)c2ccc(-c3ccc(CN4CCS(=O)(=O)CC4)cc3)cc21. The van der Waals surface area contributed by atoms with Crippen LogP contribution in [0.1, 0.15) is 44.4 Å². The van der Waals surface area contributed by atoms with E-state index < -0.39 is 15.9 Å². The molecule has 2 aliphatic rings. The summed E-state index contributed by atoms with van der Waals surface area (Å²) < 4.78 is 23.5. The highest BCUT2D eigenvalue weighted by Gasteiger charge is 2.47. The number of hydrogen-bond donors (Lipinski definition) is 1. The molecular weight excluding hydrogens is 478 g/mol. The van der Waals surface area contributed by atoms with Crippen LogP contribution in [0.25, 0.3) is 11.1 Å². The Morgan fingerprint density at radius 2 is 1.69 bits per heavy atom. The van der Waals surface area contributed by atoms with Crippen molar-refractivity contribution in [1.82, 2.24) is 14.3 Å². The van der Waals surface area contributed by atoms with Crippen molar-refractivity contribution in [2.75, 3.05) is 38.2 Å². The van der Waals surface area contributed by atoms with Gasteiger partial charge in [-0.3, -0.25) is 4.90 Å². The van der Waals surface area contributed by atoms with E-state index in [1.165, 1.54) is 4.90 Å². The molecule has 0 bridgehead atoms. The van der Waals surface area contributed by atoms with Gasteiger partial charge in [-0.05, 0) is 42.7 Å². The van der Waals surface area contributed by atoms with Crippen LogP contribution in [0, 0.1) is 0 Å². The fourth-order valence-electron chi connectivity index (χ4n) is 5.56. The molecule has 36 heavy (non-hydrogen) atoms. The first-order valence-corrected chi connectivity index (χ1v) is 14.3. The van der Waals surface area contributed by atoms with Gasteiger partial charge in [-0.15, -0.1) is 0 Å². The van der Waals surface area contributed by atoms with Gasteiger partial charge in [0.2, 0.25) is 0 Å². The second-order valence-corrected chi connectivity index (χ2v) is 12.5. The molecule has 0 spiro atoms. The highest BCUT2D eigenvalue weighted by Crippen LogP contribution is 2.45. The number of nitrogens with zero attached hydrogens (tertiary/aromatic N) is 3. The van der Waals surface area contributed by atoms with E-state index in [-0.39, 0.29) is 34.0 Å². The number of carboxylic acid groups (broad SMARTS) is 1. The van der Waals surface area contributed by atoms with Gasteiger partial charge in [0.05, 0.1) is 37.6 Å². The number of benzene rings is 2. The Balaban J connectivity index is 1.65. The number of carbonyl (C=O) groups is 2. The molecule has 2 aromatic rings. The molecule has 0 radical (unpaired) electrons. The van der Waals surface area contributed by atoms with Crippen molar-refractivity contribution in [3.05, 3.63) is 53.6 Å². The number of fused-ring (bicyclic) bond motifs is 1. The molecule has 0 aliphatic carbocycles. The van der Waals surface area contributed by atoms with Crippen LogP contribution < -0.4 is 4.48 Å². The van der Waals surface area contributed by atoms with E-state index in [1.54, 1.807) is 6.92 Å². The van der Waals surface area contributed by atoms with Crippen molar-refractivity contribution in [2.45, 2.75) is 45.8 Å².